The van der Waals surface area contributed by atoms with Crippen molar-refractivity contribution in [1.29, 1.82) is 0 Å². The van der Waals surface area contributed by atoms with E-state index < -0.39 is 0 Å². The number of ether oxygens (including phenoxy) is 1. The van der Waals surface area contributed by atoms with Gasteiger partial charge in [-0.1, -0.05) is 0 Å². The molecule has 18 heavy (non-hydrogen) atoms. The van der Waals surface area contributed by atoms with Crippen LogP contribution >= 0.6 is 0 Å². The smallest absolute Gasteiger partial charge is 0.202 e. The lowest BCUT2D eigenvalue weighted by Gasteiger charge is -2.30. The monoisotopic (exact) mass is 246 g/mol. The Morgan fingerprint density at radius 1 is 1.44 bits per heavy atom. The first-order valence-electron chi connectivity index (χ1n) is 6.37. The maximum atomic E-state index is 5.92. The Morgan fingerprint density at radius 2 is 2.33 bits per heavy atom. The fraction of sp³-hybridized carbons (Fsp3) is 0.500. The number of nitrogens with one attached hydrogen (secondary N) is 1. The molecule has 0 spiro atoms. The standard InChI is InChI=1S/C14H18N2O2/c1-14(6-3-7-15-9-14)13-16-11-5-4-10(17-2)8-12(11)18-13/h4-5,8,15H,3,6-7,9H2,1-2H3. The Kier molecular flexibility index (Phi) is 2.74. The summed E-state index contributed by atoms with van der Waals surface area (Å²) in [5, 5.41) is 3.42. The molecule has 2 heterocycles. The minimum absolute atomic E-state index is 0.00447. The number of benzene rings is 1. The first-order chi connectivity index (χ1) is 8.71. The summed E-state index contributed by atoms with van der Waals surface area (Å²) in [5.74, 6) is 1.63. The molecule has 0 aliphatic carbocycles. The molecule has 0 amide bonds. The summed E-state index contributed by atoms with van der Waals surface area (Å²) >= 11 is 0. The third-order valence-corrected chi connectivity index (χ3v) is 3.71. The van der Waals surface area contributed by atoms with Crippen LogP contribution in [-0.4, -0.2) is 25.2 Å². The number of oxazole rings is 1. The fourth-order valence-electron chi connectivity index (χ4n) is 2.53. The molecule has 1 fully saturated rings. The lowest BCUT2D eigenvalue weighted by molar-refractivity contribution is 0.279. The maximum Gasteiger partial charge on any atom is 0.202 e. The van der Waals surface area contributed by atoms with Crippen molar-refractivity contribution >= 4 is 11.1 Å². The van der Waals surface area contributed by atoms with E-state index in [0.29, 0.717) is 0 Å². The number of hydrogen-bond acceptors (Lipinski definition) is 4. The van der Waals surface area contributed by atoms with Gasteiger partial charge in [0.15, 0.2) is 5.58 Å². The molecule has 1 aromatic heterocycles. The van der Waals surface area contributed by atoms with Crippen molar-refractivity contribution < 1.29 is 9.15 Å². The van der Waals surface area contributed by atoms with Crippen molar-refractivity contribution in [2.75, 3.05) is 20.2 Å². The van der Waals surface area contributed by atoms with Gasteiger partial charge in [-0.05, 0) is 38.4 Å². The first kappa shape index (κ1) is 11.5. The average molecular weight is 246 g/mol. The van der Waals surface area contributed by atoms with E-state index in [-0.39, 0.29) is 5.41 Å². The predicted octanol–water partition coefficient (Wildman–Crippen LogP) is 2.48. The topological polar surface area (TPSA) is 47.3 Å². The molecule has 1 aliphatic rings. The Hall–Kier alpha value is -1.55. The number of fused-ring (bicyclic) bond motifs is 1. The van der Waals surface area contributed by atoms with Gasteiger partial charge >= 0.3 is 0 Å². The second kappa shape index (κ2) is 4.28. The van der Waals surface area contributed by atoms with Crippen molar-refractivity contribution in [3.63, 3.8) is 0 Å². The molecule has 1 atom stereocenters. The summed E-state index contributed by atoms with van der Waals surface area (Å²) in [4.78, 5) is 4.62. The van der Waals surface area contributed by atoms with Crippen molar-refractivity contribution in [1.82, 2.24) is 10.3 Å². The van der Waals surface area contributed by atoms with Crippen molar-refractivity contribution in [3.05, 3.63) is 24.1 Å². The zero-order valence-electron chi connectivity index (χ0n) is 10.8. The summed E-state index contributed by atoms with van der Waals surface area (Å²) in [5.41, 5.74) is 1.71. The number of nitrogens with zero attached hydrogens (tertiary/aromatic N) is 1. The highest BCUT2D eigenvalue weighted by Gasteiger charge is 2.33. The normalized spacial score (nSPS) is 24.3. The molecule has 1 N–H and O–H groups in total. The molecule has 2 aromatic rings. The average Bonchev–Trinajstić information content (AvgIpc) is 2.83. The fourth-order valence-corrected chi connectivity index (χ4v) is 2.53. The van der Waals surface area contributed by atoms with Gasteiger partial charge in [0.25, 0.3) is 0 Å². The Morgan fingerprint density at radius 3 is 3.06 bits per heavy atom. The summed E-state index contributed by atoms with van der Waals surface area (Å²) in [6, 6.07) is 5.75. The molecule has 1 aliphatic heterocycles. The van der Waals surface area contributed by atoms with Gasteiger partial charge in [-0.2, -0.15) is 0 Å². The van der Waals surface area contributed by atoms with E-state index in [1.165, 1.54) is 6.42 Å². The highest BCUT2D eigenvalue weighted by Crippen LogP contribution is 2.33. The van der Waals surface area contributed by atoms with Gasteiger partial charge in [-0.3, -0.25) is 0 Å². The lowest BCUT2D eigenvalue weighted by Crippen LogP contribution is -2.41. The van der Waals surface area contributed by atoms with Crippen LogP contribution in [0.15, 0.2) is 22.6 Å². The van der Waals surface area contributed by atoms with Crippen LogP contribution in [0.4, 0.5) is 0 Å². The van der Waals surface area contributed by atoms with Crippen molar-refractivity contribution in [2.24, 2.45) is 0 Å². The van der Waals surface area contributed by atoms with Crippen LogP contribution in [0, 0.1) is 0 Å². The van der Waals surface area contributed by atoms with Crippen LogP contribution in [0.2, 0.25) is 0 Å². The summed E-state index contributed by atoms with van der Waals surface area (Å²) < 4.78 is 11.1. The quantitative estimate of drug-likeness (QED) is 0.884. The molecule has 4 nitrogen and oxygen atoms in total. The van der Waals surface area contributed by atoms with Crippen LogP contribution < -0.4 is 10.1 Å². The summed E-state index contributed by atoms with van der Waals surface area (Å²) in [7, 11) is 1.66. The largest absolute Gasteiger partial charge is 0.497 e. The molecule has 96 valence electrons. The molecule has 0 radical (unpaired) electrons. The van der Waals surface area contributed by atoms with E-state index >= 15 is 0 Å². The van der Waals surface area contributed by atoms with E-state index in [1.807, 2.05) is 18.2 Å². The highest BCUT2D eigenvalue weighted by molar-refractivity contribution is 5.74. The SMILES string of the molecule is COc1ccc2nc(C3(C)CCCNC3)oc2c1. The second-order valence-electron chi connectivity index (χ2n) is 5.19. The van der Waals surface area contributed by atoms with E-state index in [9.17, 15) is 0 Å². The third-order valence-electron chi connectivity index (χ3n) is 3.71. The molecule has 1 aromatic carbocycles. The van der Waals surface area contributed by atoms with Crippen molar-refractivity contribution in [2.45, 2.75) is 25.2 Å². The molecule has 1 unspecified atom stereocenters. The van der Waals surface area contributed by atoms with Gasteiger partial charge in [0, 0.05) is 12.6 Å². The number of methoxy groups -OCH3 is 1. The number of aromatic nitrogens is 1. The zero-order chi connectivity index (χ0) is 12.6. The molecule has 3 rings (SSSR count). The van der Waals surface area contributed by atoms with Crippen LogP contribution in [0.1, 0.15) is 25.7 Å². The molecular formula is C14H18N2O2. The maximum absolute atomic E-state index is 5.92. The van der Waals surface area contributed by atoms with Crippen LogP contribution in [-0.2, 0) is 5.41 Å². The Bertz CT molecular complexity index is 556. The van der Waals surface area contributed by atoms with Gasteiger partial charge in [-0.25, -0.2) is 4.98 Å². The summed E-state index contributed by atoms with van der Waals surface area (Å²) in [6.07, 6.45) is 2.28. The second-order valence-corrected chi connectivity index (χ2v) is 5.19. The van der Waals surface area contributed by atoms with E-state index in [1.54, 1.807) is 7.11 Å². The molecule has 0 bridgehead atoms. The Labute approximate surface area is 106 Å². The minimum Gasteiger partial charge on any atom is -0.497 e. The van der Waals surface area contributed by atoms with Gasteiger partial charge < -0.3 is 14.5 Å². The molecule has 1 saturated heterocycles. The first-order valence-corrected chi connectivity index (χ1v) is 6.37. The zero-order valence-corrected chi connectivity index (χ0v) is 10.8. The van der Waals surface area contributed by atoms with Gasteiger partial charge in [0.2, 0.25) is 5.89 Å². The highest BCUT2D eigenvalue weighted by atomic mass is 16.5. The lowest BCUT2D eigenvalue weighted by atomic mass is 9.83. The third kappa shape index (κ3) is 1.86. The van der Waals surface area contributed by atoms with Crippen LogP contribution in [0.5, 0.6) is 5.75 Å². The number of piperidine rings is 1. The molecular weight excluding hydrogens is 228 g/mol. The Balaban J connectivity index is 2.02. The van der Waals surface area contributed by atoms with Gasteiger partial charge in [0.05, 0.1) is 12.5 Å². The molecule has 0 saturated carbocycles. The van der Waals surface area contributed by atoms with Gasteiger partial charge in [-0.15, -0.1) is 0 Å². The van der Waals surface area contributed by atoms with E-state index in [4.69, 9.17) is 9.15 Å². The van der Waals surface area contributed by atoms with Crippen LogP contribution in [0.25, 0.3) is 11.1 Å². The predicted molar refractivity (Wildman–Crippen MR) is 70.0 cm³/mol. The van der Waals surface area contributed by atoms with E-state index in [2.05, 4.69) is 17.2 Å². The van der Waals surface area contributed by atoms with Crippen LogP contribution in [0.3, 0.4) is 0 Å². The number of rotatable bonds is 2. The molecule has 4 heteroatoms. The van der Waals surface area contributed by atoms with Gasteiger partial charge in [0.1, 0.15) is 11.3 Å². The number of hydrogen-bond donors (Lipinski definition) is 1. The van der Waals surface area contributed by atoms with E-state index in [0.717, 1.165) is 42.3 Å². The minimum atomic E-state index is 0.00447. The summed E-state index contributed by atoms with van der Waals surface area (Å²) in [6.45, 7) is 4.22. The van der Waals surface area contributed by atoms with Crippen molar-refractivity contribution in [3.8, 4) is 5.75 Å².